The molecule has 1 aliphatic rings. The van der Waals surface area contributed by atoms with Crippen LogP contribution in [0.5, 0.6) is 0 Å². The highest BCUT2D eigenvalue weighted by Crippen LogP contribution is 2.39. The van der Waals surface area contributed by atoms with Gasteiger partial charge in [0.25, 0.3) is 5.91 Å². The number of carbonyl (C=O) groups excluding carboxylic acids is 2. The largest absolute Gasteiger partial charge is 0.325 e. The third-order valence-electron chi connectivity index (χ3n) is 4.73. The van der Waals surface area contributed by atoms with Gasteiger partial charge in [-0.15, -0.1) is 11.3 Å². The normalized spacial score (nSPS) is 15.1. The van der Waals surface area contributed by atoms with Crippen LogP contribution in [0, 0.1) is 6.92 Å². The minimum Gasteiger partial charge on any atom is -0.325 e. The summed E-state index contributed by atoms with van der Waals surface area (Å²) in [5, 5.41) is 6.89. The number of thiazole rings is 1. The molecule has 1 aromatic heterocycles. The van der Waals surface area contributed by atoms with E-state index in [1.165, 1.54) is 11.3 Å². The van der Waals surface area contributed by atoms with Crippen molar-refractivity contribution in [3.05, 3.63) is 75.3 Å². The second kappa shape index (κ2) is 7.73. The third-order valence-corrected chi connectivity index (χ3v) is 6.18. The molecule has 2 aromatic carbocycles. The second-order valence-electron chi connectivity index (χ2n) is 6.69. The fraction of sp³-hybridized carbons (Fsp3) is 0.190. The molecule has 1 unspecified atom stereocenters. The van der Waals surface area contributed by atoms with Crippen LogP contribution in [0.1, 0.15) is 38.8 Å². The van der Waals surface area contributed by atoms with Crippen LogP contribution in [0.2, 0.25) is 5.02 Å². The van der Waals surface area contributed by atoms with Crippen LogP contribution in [0.25, 0.3) is 0 Å². The number of hydrogen-bond donors (Lipinski definition) is 2. The van der Waals surface area contributed by atoms with Crippen molar-refractivity contribution < 1.29 is 9.59 Å². The quantitative estimate of drug-likeness (QED) is 0.632. The van der Waals surface area contributed by atoms with Gasteiger partial charge in [0.05, 0.1) is 11.6 Å². The summed E-state index contributed by atoms with van der Waals surface area (Å²) in [6.45, 7) is 1.91. The molecule has 3 aromatic rings. The molecule has 1 aliphatic carbocycles. The van der Waals surface area contributed by atoms with Gasteiger partial charge in [0.1, 0.15) is 0 Å². The predicted octanol–water partition coefficient (Wildman–Crippen LogP) is 5.03. The molecule has 0 aliphatic heterocycles. The number of aryl methyl sites for hydroxylation is 2. The summed E-state index contributed by atoms with van der Waals surface area (Å²) in [6, 6.07) is 14.4. The predicted molar refractivity (Wildman–Crippen MR) is 112 cm³/mol. The number of halogens is 1. The molecule has 28 heavy (non-hydrogen) atoms. The summed E-state index contributed by atoms with van der Waals surface area (Å²) in [4.78, 5) is 30.6. The Balaban J connectivity index is 1.47. The highest BCUT2D eigenvalue weighted by Gasteiger charge is 2.33. The number of carbonyl (C=O) groups is 2. The van der Waals surface area contributed by atoms with Crippen LogP contribution in [-0.4, -0.2) is 16.8 Å². The molecule has 1 heterocycles. The van der Waals surface area contributed by atoms with Crippen molar-refractivity contribution in [1.29, 1.82) is 0 Å². The number of nitrogens with one attached hydrogen (secondary N) is 2. The highest BCUT2D eigenvalue weighted by molar-refractivity contribution is 7.16. The van der Waals surface area contributed by atoms with E-state index in [-0.39, 0.29) is 17.7 Å². The number of fused-ring (bicyclic) bond motifs is 1. The zero-order valence-electron chi connectivity index (χ0n) is 15.2. The van der Waals surface area contributed by atoms with Crippen LogP contribution < -0.4 is 10.6 Å². The van der Waals surface area contributed by atoms with Crippen molar-refractivity contribution in [3.63, 3.8) is 0 Å². The van der Waals surface area contributed by atoms with Crippen molar-refractivity contribution in [2.75, 3.05) is 10.6 Å². The standard InChI is InChI=1S/C21H18ClN3O2S/c1-12-7-8-14(11-16(12)22)23-20(27)15-9-10-17-18(15)24-21(28-17)25-19(26)13-5-3-2-4-6-13/h2-8,11,15H,9-10H2,1H3,(H,23,27)(H,24,25,26). The molecule has 4 rings (SSSR count). The number of anilines is 2. The second-order valence-corrected chi connectivity index (χ2v) is 8.18. The van der Waals surface area contributed by atoms with Crippen molar-refractivity contribution in [1.82, 2.24) is 4.98 Å². The lowest BCUT2D eigenvalue weighted by atomic mass is 10.1. The van der Waals surface area contributed by atoms with Gasteiger partial charge >= 0.3 is 0 Å². The van der Waals surface area contributed by atoms with E-state index < -0.39 is 0 Å². The first-order chi connectivity index (χ1) is 13.5. The van der Waals surface area contributed by atoms with E-state index in [1.54, 1.807) is 18.2 Å². The lowest BCUT2D eigenvalue weighted by molar-refractivity contribution is -0.117. The summed E-state index contributed by atoms with van der Waals surface area (Å²) >= 11 is 7.57. The number of benzene rings is 2. The third kappa shape index (κ3) is 3.79. The molecule has 1 atom stereocenters. The van der Waals surface area contributed by atoms with Crippen LogP contribution in [0.4, 0.5) is 10.8 Å². The van der Waals surface area contributed by atoms with Crippen LogP contribution in [-0.2, 0) is 11.2 Å². The SMILES string of the molecule is Cc1ccc(NC(=O)C2CCc3sc(NC(=O)c4ccccc4)nc32)cc1Cl. The van der Waals surface area contributed by atoms with Gasteiger partial charge in [0.15, 0.2) is 5.13 Å². The minimum atomic E-state index is -0.325. The molecule has 0 saturated carbocycles. The van der Waals surface area contributed by atoms with E-state index in [0.29, 0.717) is 27.8 Å². The van der Waals surface area contributed by atoms with E-state index in [4.69, 9.17) is 11.6 Å². The lowest BCUT2D eigenvalue weighted by Crippen LogP contribution is -2.20. The summed E-state index contributed by atoms with van der Waals surface area (Å²) in [7, 11) is 0. The molecule has 0 radical (unpaired) electrons. The number of nitrogens with zero attached hydrogens (tertiary/aromatic N) is 1. The molecule has 0 saturated heterocycles. The maximum absolute atomic E-state index is 12.7. The van der Waals surface area contributed by atoms with Gasteiger partial charge in [-0.25, -0.2) is 4.98 Å². The van der Waals surface area contributed by atoms with Gasteiger partial charge in [-0.2, -0.15) is 0 Å². The smallest absolute Gasteiger partial charge is 0.257 e. The van der Waals surface area contributed by atoms with Crippen LogP contribution >= 0.6 is 22.9 Å². The fourth-order valence-corrected chi connectivity index (χ4v) is 4.41. The van der Waals surface area contributed by atoms with Crippen molar-refractivity contribution >= 4 is 45.6 Å². The molecule has 0 spiro atoms. The molecule has 0 fully saturated rings. The summed E-state index contributed by atoms with van der Waals surface area (Å²) in [5.41, 5.74) is 2.95. The Labute approximate surface area is 171 Å². The Morgan fingerprint density at radius 3 is 2.68 bits per heavy atom. The van der Waals surface area contributed by atoms with E-state index in [0.717, 1.165) is 22.6 Å². The highest BCUT2D eigenvalue weighted by atomic mass is 35.5. The summed E-state index contributed by atoms with van der Waals surface area (Å²) in [6.07, 6.45) is 1.49. The van der Waals surface area contributed by atoms with Crippen molar-refractivity contribution in [2.45, 2.75) is 25.7 Å². The number of amides is 2. The molecule has 2 amide bonds. The molecular formula is C21H18ClN3O2S. The maximum Gasteiger partial charge on any atom is 0.257 e. The van der Waals surface area contributed by atoms with E-state index in [9.17, 15) is 9.59 Å². The lowest BCUT2D eigenvalue weighted by Gasteiger charge is -2.11. The van der Waals surface area contributed by atoms with E-state index >= 15 is 0 Å². The Morgan fingerprint density at radius 1 is 1.14 bits per heavy atom. The summed E-state index contributed by atoms with van der Waals surface area (Å²) in [5.74, 6) is -0.637. The van der Waals surface area contributed by atoms with Gasteiger partial charge in [-0.3, -0.25) is 14.9 Å². The first kappa shape index (κ1) is 18.7. The zero-order chi connectivity index (χ0) is 19.7. The minimum absolute atomic E-state index is 0.107. The van der Waals surface area contributed by atoms with Crippen molar-refractivity contribution in [3.8, 4) is 0 Å². The monoisotopic (exact) mass is 411 g/mol. The maximum atomic E-state index is 12.7. The topological polar surface area (TPSA) is 71.1 Å². The number of aromatic nitrogens is 1. The Bertz CT molecular complexity index is 1050. The number of rotatable bonds is 4. The average molecular weight is 412 g/mol. The fourth-order valence-electron chi connectivity index (χ4n) is 3.19. The number of hydrogen-bond acceptors (Lipinski definition) is 4. The molecule has 2 N–H and O–H groups in total. The molecule has 7 heteroatoms. The molecule has 142 valence electrons. The average Bonchev–Trinajstić information content (AvgIpc) is 3.25. The van der Waals surface area contributed by atoms with Gasteiger partial charge in [0.2, 0.25) is 5.91 Å². The first-order valence-electron chi connectivity index (χ1n) is 8.94. The van der Waals surface area contributed by atoms with Crippen LogP contribution in [0.3, 0.4) is 0 Å². The van der Waals surface area contributed by atoms with Gasteiger partial charge in [0, 0.05) is 21.2 Å². The van der Waals surface area contributed by atoms with Crippen LogP contribution in [0.15, 0.2) is 48.5 Å². The van der Waals surface area contributed by atoms with E-state index in [2.05, 4.69) is 15.6 Å². The van der Waals surface area contributed by atoms with Crippen molar-refractivity contribution in [2.24, 2.45) is 0 Å². The molecule has 5 nitrogen and oxygen atoms in total. The first-order valence-corrected chi connectivity index (χ1v) is 10.1. The Morgan fingerprint density at radius 2 is 1.93 bits per heavy atom. The molecular weight excluding hydrogens is 394 g/mol. The van der Waals surface area contributed by atoms with Gasteiger partial charge in [-0.1, -0.05) is 35.9 Å². The molecule has 0 bridgehead atoms. The van der Waals surface area contributed by atoms with E-state index in [1.807, 2.05) is 37.3 Å². The Hall–Kier alpha value is -2.70. The summed E-state index contributed by atoms with van der Waals surface area (Å²) < 4.78 is 0. The van der Waals surface area contributed by atoms with Gasteiger partial charge < -0.3 is 5.32 Å². The zero-order valence-corrected chi connectivity index (χ0v) is 16.7. The Kier molecular flexibility index (Phi) is 5.15. The van der Waals surface area contributed by atoms with Gasteiger partial charge in [-0.05, 0) is 49.6 Å².